The van der Waals surface area contributed by atoms with Crippen LogP contribution in [0.4, 0.5) is 0 Å². The van der Waals surface area contributed by atoms with Gasteiger partial charge in [0.25, 0.3) is 0 Å². The van der Waals surface area contributed by atoms with Crippen molar-refractivity contribution in [3.8, 4) is 5.75 Å². The molecule has 2 nitrogen and oxygen atoms in total. The normalized spacial score (nSPS) is 10.0. The zero-order valence-corrected chi connectivity index (χ0v) is 8.25. The first-order chi connectivity index (χ1) is 6.36. The summed E-state index contributed by atoms with van der Waals surface area (Å²) in [5.41, 5.74) is 1.19. The van der Waals surface area contributed by atoms with E-state index in [0.717, 1.165) is 12.4 Å². The van der Waals surface area contributed by atoms with Gasteiger partial charge in [-0.05, 0) is 31.5 Å². The van der Waals surface area contributed by atoms with Crippen LogP contribution in [0.25, 0.3) is 0 Å². The summed E-state index contributed by atoms with van der Waals surface area (Å²) >= 11 is 0. The Bertz CT molecular complexity index is 228. The largest absolute Gasteiger partial charge is 0.494 e. The van der Waals surface area contributed by atoms with Gasteiger partial charge in [-0.15, -0.1) is 0 Å². The molecule has 0 aliphatic carbocycles. The summed E-state index contributed by atoms with van der Waals surface area (Å²) in [5, 5.41) is 0. The molecule has 1 aromatic carbocycles. The van der Waals surface area contributed by atoms with Crippen molar-refractivity contribution in [2.24, 2.45) is 0 Å². The zero-order valence-electron chi connectivity index (χ0n) is 8.25. The van der Waals surface area contributed by atoms with Gasteiger partial charge in [0.1, 0.15) is 5.75 Å². The molecule has 0 unspecified atom stereocenters. The number of hydrogen-bond acceptors (Lipinski definition) is 2. The van der Waals surface area contributed by atoms with E-state index in [-0.39, 0.29) is 0 Å². The van der Waals surface area contributed by atoms with Gasteiger partial charge in [0.05, 0.1) is 13.2 Å². The summed E-state index contributed by atoms with van der Waals surface area (Å²) in [6, 6.07) is 8.00. The van der Waals surface area contributed by atoms with Crippen molar-refractivity contribution in [3.63, 3.8) is 0 Å². The molecule has 0 aliphatic heterocycles. The molecule has 0 saturated heterocycles. The molecule has 0 N–H and O–H groups in total. The van der Waals surface area contributed by atoms with E-state index < -0.39 is 0 Å². The predicted molar refractivity (Wildman–Crippen MR) is 52.9 cm³/mol. The highest BCUT2D eigenvalue weighted by molar-refractivity contribution is 5.26. The minimum atomic E-state index is 0.683. The molecule has 0 atom stereocenters. The molecular weight excluding hydrogens is 164 g/mol. The standard InChI is InChI=1S/C11H16O2/c1-3-12-9-10-5-7-11(8-6-10)13-4-2/h5-8H,3-4,9H2,1-2H3. The lowest BCUT2D eigenvalue weighted by molar-refractivity contribution is 0.134. The first kappa shape index (κ1) is 10.1. The van der Waals surface area contributed by atoms with Crippen LogP contribution in [0.1, 0.15) is 19.4 Å². The Morgan fingerprint density at radius 2 is 1.69 bits per heavy atom. The van der Waals surface area contributed by atoms with Crippen LogP contribution in [-0.2, 0) is 11.3 Å². The Morgan fingerprint density at radius 3 is 2.23 bits per heavy atom. The summed E-state index contributed by atoms with van der Waals surface area (Å²) in [5.74, 6) is 0.919. The van der Waals surface area contributed by atoms with Gasteiger partial charge in [-0.3, -0.25) is 0 Å². The first-order valence-corrected chi connectivity index (χ1v) is 4.66. The van der Waals surface area contributed by atoms with Crippen molar-refractivity contribution in [1.29, 1.82) is 0 Å². The zero-order chi connectivity index (χ0) is 9.52. The first-order valence-electron chi connectivity index (χ1n) is 4.66. The lowest BCUT2D eigenvalue weighted by atomic mass is 10.2. The molecule has 1 aromatic rings. The fourth-order valence-electron chi connectivity index (χ4n) is 1.07. The second-order valence-electron chi connectivity index (χ2n) is 2.71. The van der Waals surface area contributed by atoms with Gasteiger partial charge in [0.15, 0.2) is 0 Å². The van der Waals surface area contributed by atoms with E-state index >= 15 is 0 Å². The lowest BCUT2D eigenvalue weighted by Crippen LogP contribution is -1.93. The number of benzene rings is 1. The van der Waals surface area contributed by atoms with Gasteiger partial charge >= 0.3 is 0 Å². The maximum Gasteiger partial charge on any atom is 0.119 e. The van der Waals surface area contributed by atoms with Gasteiger partial charge < -0.3 is 9.47 Å². The molecule has 1 rings (SSSR count). The van der Waals surface area contributed by atoms with Crippen LogP contribution in [0.2, 0.25) is 0 Å². The molecule has 0 saturated carbocycles. The third-order valence-corrected chi connectivity index (χ3v) is 1.71. The Labute approximate surface area is 79.5 Å². The van der Waals surface area contributed by atoms with E-state index in [1.54, 1.807) is 0 Å². The molecule has 0 spiro atoms. The molecule has 72 valence electrons. The Balaban J connectivity index is 2.48. The summed E-state index contributed by atoms with van der Waals surface area (Å²) in [6.45, 7) is 6.13. The van der Waals surface area contributed by atoms with Gasteiger partial charge in [0, 0.05) is 6.61 Å². The molecule has 2 heteroatoms. The van der Waals surface area contributed by atoms with Crippen LogP contribution >= 0.6 is 0 Å². The van der Waals surface area contributed by atoms with Crippen LogP contribution in [0.15, 0.2) is 24.3 Å². The van der Waals surface area contributed by atoms with E-state index in [2.05, 4.69) is 0 Å². The van der Waals surface area contributed by atoms with E-state index in [1.807, 2.05) is 38.1 Å². The fraction of sp³-hybridized carbons (Fsp3) is 0.455. The predicted octanol–water partition coefficient (Wildman–Crippen LogP) is 2.62. The Hall–Kier alpha value is -1.02. The van der Waals surface area contributed by atoms with E-state index in [0.29, 0.717) is 13.2 Å². The molecule has 0 amide bonds. The van der Waals surface area contributed by atoms with Gasteiger partial charge in [-0.1, -0.05) is 12.1 Å². The van der Waals surface area contributed by atoms with Crippen molar-refractivity contribution in [2.45, 2.75) is 20.5 Å². The molecule has 0 aliphatic rings. The van der Waals surface area contributed by atoms with E-state index in [4.69, 9.17) is 9.47 Å². The van der Waals surface area contributed by atoms with Crippen molar-refractivity contribution < 1.29 is 9.47 Å². The van der Waals surface area contributed by atoms with Crippen LogP contribution in [-0.4, -0.2) is 13.2 Å². The van der Waals surface area contributed by atoms with Crippen molar-refractivity contribution in [2.75, 3.05) is 13.2 Å². The van der Waals surface area contributed by atoms with Gasteiger partial charge in [0.2, 0.25) is 0 Å². The molecule has 0 fully saturated rings. The summed E-state index contributed by atoms with van der Waals surface area (Å²) < 4.78 is 10.6. The average molecular weight is 180 g/mol. The molecular formula is C11H16O2. The second kappa shape index (κ2) is 5.60. The third-order valence-electron chi connectivity index (χ3n) is 1.71. The maximum absolute atomic E-state index is 5.32. The minimum Gasteiger partial charge on any atom is -0.494 e. The molecule has 0 radical (unpaired) electrons. The highest BCUT2D eigenvalue weighted by Crippen LogP contribution is 2.12. The summed E-state index contributed by atoms with van der Waals surface area (Å²) in [6.07, 6.45) is 0. The molecule has 13 heavy (non-hydrogen) atoms. The summed E-state index contributed by atoms with van der Waals surface area (Å²) in [4.78, 5) is 0. The Kier molecular flexibility index (Phi) is 4.33. The number of hydrogen-bond donors (Lipinski definition) is 0. The van der Waals surface area contributed by atoms with Gasteiger partial charge in [-0.25, -0.2) is 0 Å². The monoisotopic (exact) mass is 180 g/mol. The number of ether oxygens (including phenoxy) is 2. The fourth-order valence-corrected chi connectivity index (χ4v) is 1.07. The maximum atomic E-state index is 5.32. The smallest absolute Gasteiger partial charge is 0.119 e. The quantitative estimate of drug-likeness (QED) is 0.693. The third kappa shape index (κ3) is 3.47. The Morgan fingerprint density at radius 1 is 1.00 bits per heavy atom. The SMILES string of the molecule is CCOCc1ccc(OCC)cc1. The van der Waals surface area contributed by atoms with Crippen LogP contribution in [0.5, 0.6) is 5.75 Å². The van der Waals surface area contributed by atoms with Crippen LogP contribution < -0.4 is 4.74 Å². The van der Waals surface area contributed by atoms with Crippen molar-refractivity contribution in [3.05, 3.63) is 29.8 Å². The molecule has 0 aromatic heterocycles. The second-order valence-corrected chi connectivity index (χ2v) is 2.71. The summed E-state index contributed by atoms with van der Waals surface area (Å²) in [7, 11) is 0. The lowest BCUT2D eigenvalue weighted by Gasteiger charge is -2.04. The number of rotatable bonds is 5. The van der Waals surface area contributed by atoms with Crippen LogP contribution in [0, 0.1) is 0 Å². The molecule has 0 bridgehead atoms. The van der Waals surface area contributed by atoms with E-state index in [1.165, 1.54) is 5.56 Å². The van der Waals surface area contributed by atoms with E-state index in [9.17, 15) is 0 Å². The van der Waals surface area contributed by atoms with Gasteiger partial charge in [-0.2, -0.15) is 0 Å². The topological polar surface area (TPSA) is 18.5 Å². The van der Waals surface area contributed by atoms with Crippen LogP contribution in [0.3, 0.4) is 0 Å². The average Bonchev–Trinajstić information content (AvgIpc) is 2.17. The molecule has 0 heterocycles. The highest BCUT2D eigenvalue weighted by Gasteiger charge is 1.93. The van der Waals surface area contributed by atoms with Crippen molar-refractivity contribution >= 4 is 0 Å². The van der Waals surface area contributed by atoms with Crippen molar-refractivity contribution in [1.82, 2.24) is 0 Å². The minimum absolute atomic E-state index is 0.683. The highest BCUT2D eigenvalue weighted by atomic mass is 16.5.